The molecule has 3 aromatic rings. The van der Waals surface area contributed by atoms with Crippen molar-refractivity contribution in [1.29, 1.82) is 0 Å². The zero-order valence-electron chi connectivity index (χ0n) is 10.0. The van der Waals surface area contributed by atoms with Crippen LogP contribution < -0.4 is 5.73 Å². The van der Waals surface area contributed by atoms with Gasteiger partial charge >= 0.3 is 0 Å². The Bertz CT molecular complexity index is 768. The van der Waals surface area contributed by atoms with E-state index in [0.29, 0.717) is 30.0 Å². The molecule has 0 unspecified atom stereocenters. The lowest BCUT2D eigenvalue weighted by molar-refractivity contribution is 0.303. The summed E-state index contributed by atoms with van der Waals surface area (Å²) >= 11 is 0. The molecule has 4 rings (SSSR count). The minimum absolute atomic E-state index is 0.416. The topological polar surface area (TPSA) is 72.5 Å². The predicted molar refractivity (Wildman–Crippen MR) is 68.5 cm³/mol. The molecule has 0 bridgehead atoms. The molecule has 1 aromatic carbocycles. The number of benzene rings is 1. The van der Waals surface area contributed by atoms with Crippen LogP contribution >= 0.6 is 0 Å². The molecule has 0 spiro atoms. The lowest BCUT2D eigenvalue weighted by atomic mass is 10.3. The van der Waals surface area contributed by atoms with E-state index in [-0.39, 0.29) is 0 Å². The van der Waals surface area contributed by atoms with E-state index >= 15 is 0 Å². The van der Waals surface area contributed by atoms with E-state index in [4.69, 9.17) is 5.73 Å². The Morgan fingerprint density at radius 3 is 2.95 bits per heavy atom. The highest BCUT2D eigenvalue weighted by Crippen LogP contribution is 2.48. The van der Waals surface area contributed by atoms with Gasteiger partial charge in [0.15, 0.2) is 5.67 Å². The van der Waals surface area contributed by atoms with Gasteiger partial charge in [-0.3, -0.25) is 0 Å². The van der Waals surface area contributed by atoms with Gasteiger partial charge in [-0.1, -0.05) is 0 Å². The minimum atomic E-state index is -1.25. The van der Waals surface area contributed by atoms with Gasteiger partial charge in [0, 0.05) is 6.07 Å². The van der Waals surface area contributed by atoms with E-state index < -0.39 is 5.67 Å². The average Bonchev–Trinajstić information content (AvgIpc) is 2.86. The number of aromatic amines is 1. The third-order valence-corrected chi connectivity index (χ3v) is 3.44. The van der Waals surface area contributed by atoms with Crippen molar-refractivity contribution in [2.45, 2.75) is 18.5 Å². The summed E-state index contributed by atoms with van der Waals surface area (Å²) in [5.74, 6) is 0.846. The van der Waals surface area contributed by atoms with Crippen molar-refractivity contribution >= 4 is 16.9 Å². The van der Waals surface area contributed by atoms with Crippen LogP contribution in [0.1, 0.15) is 18.7 Å². The quantitative estimate of drug-likeness (QED) is 0.737. The van der Waals surface area contributed by atoms with Crippen molar-refractivity contribution < 1.29 is 4.39 Å². The number of hydrogen-bond donors (Lipinski definition) is 2. The number of nitrogens with one attached hydrogen (secondary N) is 1. The SMILES string of the molecule is Nc1[c]cnn1-c1ccc2[nH]c(C3(F)CC3)nc2c1. The lowest BCUT2D eigenvalue weighted by Crippen LogP contribution is -2.01. The highest BCUT2D eigenvalue weighted by molar-refractivity contribution is 5.78. The first-order chi connectivity index (χ1) is 9.16. The van der Waals surface area contributed by atoms with Gasteiger partial charge in [0.2, 0.25) is 0 Å². The Morgan fingerprint density at radius 2 is 2.26 bits per heavy atom. The number of alkyl halides is 1. The predicted octanol–water partition coefficient (Wildman–Crippen LogP) is 2.09. The van der Waals surface area contributed by atoms with Crippen LogP contribution in [0, 0.1) is 6.07 Å². The molecule has 1 saturated carbocycles. The number of aromatic nitrogens is 4. The number of anilines is 1. The maximum Gasteiger partial charge on any atom is 0.168 e. The molecule has 0 aliphatic heterocycles. The molecule has 1 fully saturated rings. The Kier molecular flexibility index (Phi) is 1.86. The summed E-state index contributed by atoms with van der Waals surface area (Å²) in [7, 11) is 0. The highest BCUT2D eigenvalue weighted by atomic mass is 19.1. The van der Waals surface area contributed by atoms with Crippen LogP contribution in [0.3, 0.4) is 0 Å². The second-order valence-corrected chi connectivity index (χ2v) is 4.84. The van der Waals surface area contributed by atoms with Crippen LogP contribution in [-0.2, 0) is 5.67 Å². The molecule has 0 saturated heterocycles. The summed E-state index contributed by atoms with van der Waals surface area (Å²) in [6, 6.07) is 8.34. The van der Waals surface area contributed by atoms with Gasteiger partial charge in [-0.25, -0.2) is 14.1 Å². The maximum absolute atomic E-state index is 14.0. The van der Waals surface area contributed by atoms with Crippen LogP contribution in [0.25, 0.3) is 16.7 Å². The fraction of sp³-hybridized carbons (Fsp3) is 0.231. The standard InChI is InChI=1S/C13H11FN5/c14-13(4-5-13)12-17-9-2-1-8(7-10(9)18-12)19-11(15)3-6-16-19/h1-2,6-7H,4-5,15H2,(H,17,18). The zero-order valence-corrected chi connectivity index (χ0v) is 10.0. The Labute approximate surface area is 108 Å². The summed E-state index contributed by atoms with van der Waals surface area (Å²) in [6.45, 7) is 0. The molecule has 1 aliphatic rings. The number of halogens is 1. The van der Waals surface area contributed by atoms with E-state index in [2.05, 4.69) is 21.1 Å². The number of imidazole rings is 1. The number of rotatable bonds is 2. The summed E-state index contributed by atoms with van der Waals surface area (Å²) in [5.41, 5.74) is 6.82. The van der Waals surface area contributed by atoms with Gasteiger partial charge in [-0.05, 0) is 31.0 Å². The lowest BCUT2D eigenvalue weighted by Gasteiger charge is -2.02. The molecular formula is C13H11FN5. The molecule has 3 N–H and O–H groups in total. The zero-order chi connectivity index (χ0) is 13.0. The number of H-pyrrole nitrogens is 1. The average molecular weight is 256 g/mol. The second kappa shape index (κ2) is 3.34. The van der Waals surface area contributed by atoms with Gasteiger partial charge in [0.1, 0.15) is 11.6 Å². The maximum atomic E-state index is 14.0. The molecule has 19 heavy (non-hydrogen) atoms. The molecule has 6 heteroatoms. The summed E-state index contributed by atoms with van der Waals surface area (Å²) in [6.07, 6.45) is 2.59. The van der Waals surface area contributed by atoms with Crippen molar-refractivity contribution in [1.82, 2.24) is 19.7 Å². The number of nitrogens with zero attached hydrogens (tertiary/aromatic N) is 3. The van der Waals surface area contributed by atoms with Gasteiger partial charge in [-0.15, -0.1) is 0 Å². The van der Waals surface area contributed by atoms with E-state index in [1.807, 2.05) is 18.2 Å². The second-order valence-electron chi connectivity index (χ2n) is 4.84. The summed E-state index contributed by atoms with van der Waals surface area (Å²) in [4.78, 5) is 7.35. The molecule has 2 aromatic heterocycles. The fourth-order valence-corrected chi connectivity index (χ4v) is 2.17. The van der Waals surface area contributed by atoms with E-state index in [1.165, 1.54) is 6.20 Å². The number of hydrogen-bond acceptors (Lipinski definition) is 3. The van der Waals surface area contributed by atoms with Crippen LogP contribution in [0.5, 0.6) is 0 Å². The van der Waals surface area contributed by atoms with E-state index in [0.717, 1.165) is 11.2 Å². The Balaban J connectivity index is 1.85. The fourth-order valence-electron chi connectivity index (χ4n) is 2.17. The van der Waals surface area contributed by atoms with E-state index in [1.54, 1.807) is 4.68 Å². The van der Waals surface area contributed by atoms with Crippen molar-refractivity contribution in [2.24, 2.45) is 0 Å². The molecule has 5 nitrogen and oxygen atoms in total. The highest BCUT2D eigenvalue weighted by Gasteiger charge is 2.47. The Morgan fingerprint density at radius 1 is 1.42 bits per heavy atom. The van der Waals surface area contributed by atoms with Crippen molar-refractivity contribution in [3.05, 3.63) is 36.3 Å². The van der Waals surface area contributed by atoms with Crippen LogP contribution in [-0.4, -0.2) is 19.7 Å². The number of nitrogens with two attached hydrogens (primary N) is 1. The van der Waals surface area contributed by atoms with Crippen molar-refractivity contribution in [3.63, 3.8) is 0 Å². The first kappa shape index (κ1) is 10.5. The van der Waals surface area contributed by atoms with Crippen molar-refractivity contribution in [2.75, 3.05) is 5.73 Å². The van der Waals surface area contributed by atoms with Crippen molar-refractivity contribution in [3.8, 4) is 5.69 Å². The normalized spacial score (nSPS) is 16.9. The third kappa shape index (κ3) is 1.53. The summed E-state index contributed by atoms with van der Waals surface area (Å²) in [5, 5.41) is 4.08. The van der Waals surface area contributed by atoms with Crippen LogP contribution in [0.2, 0.25) is 0 Å². The molecule has 95 valence electrons. The molecule has 1 radical (unpaired) electrons. The molecule has 0 amide bonds. The monoisotopic (exact) mass is 256 g/mol. The number of fused-ring (bicyclic) bond motifs is 1. The molecule has 1 aliphatic carbocycles. The van der Waals surface area contributed by atoms with Crippen LogP contribution in [0.4, 0.5) is 10.2 Å². The summed E-state index contributed by atoms with van der Waals surface area (Å²) < 4.78 is 15.5. The minimum Gasteiger partial charge on any atom is -0.383 e. The number of nitrogen functional groups attached to an aromatic ring is 1. The van der Waals surface area contributed by atoms with Crippen LogP contribution in [0.15, 0.2) is 24.4 Å². The van der Waals surface area contributed by atoms with Gasteiger partial charge in [0.25, 0.3) is 0 Å². The smallest absolute Gasteiger partial charge is 0.168 e. The van der Waals surface area contributed by atoms with Gasteiger partial charge in [0.05, 0.1) is 22.9 Å². The molecular weight excluding hydrogens is 245 g/mol. The Hall–Kier alpha value is -2.37. The van der Waals surface area contributed by atoms with E-state index in [9.17, 15) is 4.39 Å². The first-order valence-corrected chi connectivity index (χ1v) is 6.06. The van der Waals surface area contributed by atoms with Gasteiger partial charge in [-0.2, -0.15) is 5.10 Å². The molecule has 0 atom stereocenters. The van der Waals surface area contributed by atoms with Gasteiger partial charge < -0.3 is 10.7 Å². The molecule has 2 heterocycles. The third-order valence-electron chi connectivity index (χ3n) is 3.44. The largest absolute Gasteiger partial charge is 0.383 e. The first-order valence-electron chi connectivity index (χ1n) is 6.06.